The van der Waals surface area contributed by atoms with Crippen LogP contribution in [0, 0.1) is 0 Å². The van der Waals surface area contributed by atoms with Crippen molar-refractivity contribution < 1.29 is 11.3 Å². The maximum absolute atomic E-state index is 8.71. The summed E-state index contributed by atoms with van der Waals surface area (Å²) < 4.78 is 48.6. The molecule has 0 saturated carbocycles. The molecule has 7 aromatic carbocycles. The van der Waals surface area contributed by atoms with Crippen LogP contribution in [0.25, 0.3) is 76.9 Å². The van der Waals surface area contributed by atoms with Gasteiger partial charge in [-0.2, -0.15) is 0 Å². The van der Waals surface area contributed by atoms with E-state index in [-0.39, 0.29) is 29.7 Å². The summed E-state index contributed by atoms with van der Waals surface area (Å²) in [5.41, 5.74) is 6.06. The van der Waals surface area contributed by atoms with Crippen molar-refractivity contribution in [3.63, 3.8) is 0 Å². The first kappa shape index (κ1) is 17.4. The number of hydrogen-bond donors (Lipinski definition) is 0. The molecule has 0 radical (unpaired) electrons. The number of hydrogen-bond acceptors (Lipinski definition) is 1. The molecule has 39 heavy (non-hydrogen) atoms. The third-order valence-corrected chi connectivity index (χ3v) is 7.56. The van der Waals surface area contributed by atoms with E-state index in [1.54, 1.807) is 0 Å². The zero-order chi connectivity index (χ0) is 30.1. The molecule has 8 aromatic rings. The predicted molar refractivity (Wildman–Crippen MR) is 165 cm³/mol. The highest BCUT2D eigenvalue weighted by atomic mass is 16.3. The van der Waals surface area contributed by atoms with Gasteiger partial charge < -0.3 is 4.42 Å². The molecule has 1 heteroatoms. The lowest BCUT2D eigenvalue weighted by atomic mass is 9.84. The topological polar surface area (TPSA) is 13.1 Å². The summed E-state index contributed by atoms with van der Waals surface area (Å²) in [7, 11) is 0. The Balaban J connectivity index is 1.55. The summed E-state index contributed by atoms with van der Waals surface area (Å²) in [5.74, 6) is 0. The Hall–Kier alpha value is -5.14. The van der Waals surface area contributed by atoms with Gasteiger partial charge >= 0.3 is 0 Å². The Morgan fingerprint density at radius 3 is 1.64 bits per heavy atom. The maximum Gasteiger partial charge on any atom is 0.143 e. The normalized spacial score (nSPS) is 13.4. The van der Waals surface area contributed by atoms with E-state index in [2.05, 4.69) is 72.8 Å². The van der Waals surface area contributed by atoms with Crippen molar-refractivity contribution in [3.05, 3.63) is 145 Å². The first-order valence-electron chi connectivity index (χ1n) is 15.5. The van der Waals surface area contributed by atoms with E-state index in [1.807, 2.05) is 42.5 Å². The molecule has 0 spiro atoms. The van der Waals surface area contributed by atoms with Crippen LogP contribution in [0.4, 0.5) is 0 Å². The number of fused-ring (bicyclic) bond motifs is 5. The molecule has 0 aliphatic rings. The van der Waals surface area contributed by atoms with Crippen molar-refractivity contribution in [2.45, 2.75) is 0 Å². The average molecular weight is 502 g/mol. The Morgan fingerprint density at radius 1 is 0.436 bits per heavy atom. The summed E-state index contributed by atoms with van der Waals surface area (Å²) in [4.78, 5) is 0. The van der Waals surface area contributed by atoms with Crippen molar-refractivity contribution in [1.82, 2.24) is 0 Å². The first-order valence-corrected chi connectivity index (χ1v) is 13.0. The van der Waals surface area contributed by atoms with E-state index in [0.717, 1.165) is 49.0 Å². The minimum atomic E-state index is -0.419. The second-order valence-electron chi connectivity index (χ2n) is 9.67. The lowest BCUT2D eigenvalue weighted by Gasteiger charge is -2.18. The van der Waals surface area contributed by atoms with Crippen LogP contribution in [0.5, 0.6) is 0 Å². The molecule has 0 saturated heterocycles. The van der Waals surface area contributed by atoms with Crippen molar-refractivity contribution >= 4 is 43.5 Å². The van der Waals surface area contributed by atoms with Crippen molar-refractivity contribution in [2.24, 2.45) is 0 Å². The standard InChI is InChI=1S/C38H24O/c1-3-13-25(14-4-1)27-23-24-33(37-32-21-11-12-22-34(32)39-38(27)37)36-30-19-9-7-17-28(30)35(26-15-5-2-6-16-26)29-18-8-10-20-31(29)36/h1-24H/i1D,3D,4D,13D,14D. The molecule has 0 N–H and O–H groups in total. The van der Waals surface area contributed by atoms with Gasteiger partial charge in [0.25, 0.3) is 0 Å². The average Bonchev–Trinajstić information content (AvgIpc) is 3.46. The molecule has 0 amide bonds. The lowest BCUT2D eigenvalue weighted by Crippen LogP contribution is -1.91. The van der Waals surface area contributed by atoms with E-state index in [0.29, 0.717) is 16.7 Å². The third-order valence-electron chi connectivity index (χ3n) is 7.56. The van der Waals surface area contributed by atoms with E-state index in [1.165, 1.54) is 5.56 Å². The number of furan rings is 1. The van der Waals surface area contributed by atoms with Crippen molar-refractivity contribution in [2.75, 3.05) is 0 Å². The highest BCUT2D eigenvalue weighted by Gasteiger charge is 2.21. The summed E-state index contributed by atoms with van der Waals surface area (Å²) >= 11 is 0. The molecule has 0 aliphatic carbocycles. The maximum atomic E-state index is 8.71. The Kier molecular flexibility index (Phi) is 3.89. The molecule has 1 aromatic heterocycles. The Morgan fingerprint density at radius 2 is 0.974 bits per heavy atom. The second-order valence-corrected chi connectivity index (χ2v) is 9.67. The van der Waals surface area contributed by atoms with E-state index >= 15 is 0 Å². The van der Waals surface area contributed by atoms with Gasteiger partial charge in [-0.1, -0.05) is 133 Å². The fraction of sp³-hybridized carbons (Fsp3) is 0. The van der Waals surface area contributed by atoms with Crippen LogP contribution in [-0.4, -0.2) is 0 Å². The molecule has 0 aliphatic heterocycles. The van der Waals surface area contributed by atoms with Crippen LogP contribution in [-0.2, 0) is 0 Å². The molecular formula is C38H24O. The van der Waals surface area contributed by atoms with Gasteiger partial charge in [-0.15, -0.1) is 0 Å². The van der Waals surface area contributed by atoms with Crippen LogP contribution >= 0.6 is 0 Å². The van der Waals surface area contributed by atoms with Gasteiger partial charge in [-0.25, -0.2) is 0 Å². The number of para-hydroxylation sites is 1. The van der Waals surface area contributed by atoms with E-state index in [9.17, 15) is 0 Å². The third kappa shape index (κ3) is 3.34. The predicted octanol–water partition coefficient (Wildman–Crippen LogP) is 10.9. The number of benzene rings is 7. The summed E-state index contributed by atoms with van der Waals surface area (Å²) in [6, 6.07) is 37.3. The zero-order valence-corrected chi connectivity index (χ0v) is 20.9. The van der Waals surface area contributed by atoms with Gasteiger partial charge in [0.1, 0.15) is 11.2 Å². The molecular weight excluding hydrogens is 472 g/mol. The van der Waals surface area contributed by atoms with Gasteiger partial charge in [0, 0.05) is 16.3 Å². The Bertz CT molecular complexity index is 2360. The van der Waals surface area contributed by atoms with Crippen LogP contribution in [0.15, 0.2) is 150 Å². The summed E-state index contributed by atoms with van der Waals surface area (Å²) in [5, 5.41) is 6.17. The van der Waals surface area contributed by atoms with Gasteiger partial charge in [0.2, 0.25) is 0 Å². The van der Waals surface area contributed by atoms with Crippen LogP contribution in [0.3, 0.4) is 0 Å². The minimum absolute atomic E-state index is 0.126. The summed E-state index contributed by atoms with van der Waals surface area (Å²) in [6.07, 6.45) is 0. The first-order chi connectivity index (χ1) is 21.5. The SMILES string of the molecule is [2H]c1c([2H])c([2H])c(-c2ccc(-c3c4ccccc4c(-c4ccccc4)c4ccccc34)c3c2oc2ccccc23)c([2H])c1[2H]. The minimum Gasteiger partial charge on any atom is -0.455 e. The highest BCUT2D eigenvalue weighted by Crippen LogP contribution is 2.48. The molecule has 1 heterocycles. The molecule has 0 atom stereocenters. The smallest absolute Gasteiger partial charge is 0.143 e. The van der Waals surface area contributed by atoms with Gasteiger partial charge in [-0.05, 0) is 61.5 Å². The fourth-order valence-electron chi connectivity index (χ4n) is 5.95. The van der Waals surface area contributed by atoms with Crippen LogP contribution < -0.4 is 0 Å². The fourth-order valence-corrected chi connectivity index (χ4v) is 5.95. The van der Waals surface area contributed by atoms with Crippen molar-refractivity contribution in [3.8, 4) is 33.4 Å². The molecule has 0 fully saturated rings. The van der Waals surface area contributed by atoms with Crippen molar-refractivity contribution in [1.29, 1.82) is 0 Å². The van der Waals surface area contributed by atoms with E-state index < -0.39 is 6.04 Å². The quantitative estimate of drug-likeness (QED) is 0.219. The molecule has 8 rings (SSSR count). The van der Waals surface area contributed by atoms with Crippen LogP contribution in [0.1, 0.15) is 6.85 Å². The lowest BCUT2D eigenvalue weighted by molar-refractivity contribution is 0.670. The van der Waals surface area contributed by atoms with Gasteiger partial charge in [0.05, 0.1) is 6.85 Å². The monoisotopic (exact) mass is 501 g/mol. The number of rotatable bonds is 3. The zero-order valence-electron chi connectivity index (χ0n) is 25.9. The molecule has 182 valence electrons. The van der Waals surface area contributed by atoms with E-state index in [4.69, 9.17) is 11.3 Å². The van der Waals surface area contributed by atoms with Crippen LogP contribution in [0.2, 0.25) is 0 Å². The van der Waals surface area contributed by atoms with Gasteiger partial charge in [-0.3, -0.25) is 0 Å². The highest BCUT2D eigenvalue weighted by molar-refractivity contribution is 6.26. The second kappa shape index (κ2) is 8.72. The largest absolute Gasteiger partial charge is 0.455 e. The van der Waals surface area contributed by atoms with Gasteiger partial charge in [0.15, 0.2) is 0 Å². The molecule has 0 bridgehead atoms. The Labute approximate surface area is 233 Å². The molecule has 0 unspecified atom stereocenters. The summed E-state index contributed by atoms with van der Waals surface area (Å²) in [6.45, 7) is 0. The molecule has 1 nitrogen and oxygen atoms in total.